The lowest BCUT2D eigenvalue weighted by molar-refractivity contribution is -0.596. The molecule has 0 spiro atoms. The second-order valence-corrected chi connectivity index (χ2v) is 6.61. The van der Waals surface area contributed by atoms with E-state index in [-0.39, 0.29) is 0 Å². The van der Waals surface area contributed by atoms with Gasteiger partial charge in [-0.2, -0.15) is 9.13 Å². The molecule has 0 bridgehead atoms. The van der Waals surface area contributed by atoms with Crippen molar-refractivity contribution < 1.29 is 9.13 Å². The fourth-order valence-electron chi connectivity index (χ4n) is 3.14. The number of pyridine rings is 2. The van der Waals surface area contributed by atoms with Crippen LogP contribution in [-0.2, 0) is 0 Å². The fourth-order valence-corrected chi connectivity index (χ4v) is 3.14. The van der Waals surface area contributed by atoms with Gasteiger partial charge in [-0.3, -0.25) is 0 Å². The molecule has 0 amide bonds. The van der Waals surface area contributed by atoms with E-state index in [4.69, 9.17) is 0 Å². The van der Waals surface area contributed by atoms with Crippen molar-refractivity contribution in [3.8, 4) is 22.5 Å². The van der Waals surface area contributed by atoms with E-state index in [1.807, 2.05) is 0 Å². The molecular weight excluding hydrogens is 316 g/mol. The summed E-state index contributed by atoms with van der Waals surface area (Å²) in [6.07, 6.45) is 8.47. The van der Waals surface area contributed by atoms with Crippen LogP contribution in [0.5, 0.6) is 0 Å². The normalized spacial score (nSPS) is 10.7. The van der Waals surface area contributed by atoms with Crippen molar-refractivity contribution >= 4 is 0 Å². The Morgan fingerprint density at radius 3 is 1.65 bits per heavy atom. The quantitative estimate of drug-likeness (QED) is 0.485. The molecule has 2 aromatic heterocycles. The Morgan fingerprint density at radius 1 is 0.538 bits per heavy atom. The number of rotatable bonds is 3. The van der Waals surface area contributed by atoms with Gasteiger partial charge in [0.1, 0.15) is 0 Å². The van der Waals surface area contributed by atoms with E-state index in [0.717, 1.165) is 0 Å². The molecule has 0 aliphatic heterocycles. The number of hydrogen-bond donors (Lipinski definition) is 0. The highest BCUT2D eigenvalue weighted by Crippen LogP contribution is 2.17. The molecule has 0 unspecified atom stereocenters. The SMILES string of the molecule is Cc1ccc(-[n+]2ccc(-c3cc[n+](-c4ccccc4C)cc3)cc2)cc1. The summed E-state index contributed by atoms with van der Waals surface area (Å²) in [5.74, 6) is 0. The molecule has 4 aromatic rings. The van der Waals surface area contributed by atoms with Crippen LogP contribution in [0, 0.1) is 13.8 Å². The van der Waals surface area contributed by atoms with Gasteiger partial charge in [-0.1, -0.05) is 35.9 Å². The number of benzene rings is 2. The third-order valence-electron chi connectivity index (χ3n) is 4.72. The van der Waals surface area contributed by atoms with Gasteiger partial charge in [0.2, 0.25) is 11.4 Å². The van der Waals surface area contributed by atoms with E-state index >= 15 is 0 Å². The number of nitrogens with zero attached hydrogens (tertiary/aromatic N) is 2. The summed E-state index contributed by atoms with van der Waals surface area (Å²) in [4.78, 5) is 0. The molecular formula is C24H22N2+2. The molecule has 26 heavy (non-hydrogen) atoms. The van der Waals surface area contributed by atoms with E-state index in [0.29, 0.717) is 0 Å². The molecule has 0 fully saturated rings. The molecule has 0 N–H and O–H groups in total. The van der Waals surface area contributed by atoms with Crippen LogP contribution in [0.25, 0.3) is 22.5 Å². The first-order chi connectivity index (χ1) is 12.7. The predicted molar refractivity (Wildman–Crippen MR) is 104 cm³/mol. The average Bonchev–Trinajstić information content (AvgIpc) is 2.69. The van der Waals surface area contributed by atoms with E-state index in [1.165, 1.54) is 33.6 Å². The maximum absolute atomic E-state index is 2.16. The minimum absolute atomic E-state index is 1.17. The number of para-hydroxylation sites is 1. The monoisotopic (exact) mass is 338 g/mol. The van der Waals surface area contributed by atoms with Gasteiger partial charge in [-0.15, -0.1) is 0 Å². The van der Waals surface area contributed by atoms with E-state index < -0.39 is 0 Å². The molecule has 2 heteroatoms. The van der Waals surface area contributed by atoms with E-state index in [9.17, 15) is 0 Å². The first-order valence-corrected chi connectivity index (χ1v) is 8.87. The number of aromatic nitrogens is 2. The van der Waals surface area contributed by atoms with Crippen molar-refractivity contribution in [2.75, 3.05) is 0 Å². The second-order valence-electron chi connectivity index (χ2n) is 6.61. The molecule has 2 heterocycles. The van der Waals surface area contributed by atoms with Crippen LogP contribution in [0.15, 0.2) is 97.6 Å². The number of aryl methyl sites for hydroxylation is 2. The van der Waals surface area contributed by atoms with Gasteiger partial charge in [0, 0.05) is 48.0 Å². The smallest absolute Gasteiger partial charge is 0.167 e. The summed E-state index contributed by atoms with van der Waals surface area (Å²) in [6, 6.07) is 25.6. The summed E-state index contributed by atoms with van der Waals surface area (Å²) in [5.41, 5.74) is 7.36. The highest BCUT2D eigenvalue weighted by Gasteiger charge is 2.10. The minimum atomic E-state index is 1.17. The van der Waals surface area contributed by atoms with Gasteiger partial charge in [-0.05, 0) is 25.0 Å². The van der Waals surface area contributed by atoms with Crippen molar-refractivity contribution in [2.24, 2.45) is 0 Å². The molecule has 0 aliphatic carbocycles. The van der Waals surface area contributed by atoms with Gasteiger partial charge >= 0.3 is 0 Å². The van der Waals surface area contributed by atoms with Crippen LogP contribution in [0.2, 0.25) is 0 Å². The van der Waals surface area contributed by atoms with Crippen molar-refractivity contribution in [1.29, 1.82) is 0 Å². The molecule has 126 valence electrons. The maximum atomic E-state index is 2.16. The van der Waals surface area contributed by atoms with Crippen LogP contribution in [0.4, 0.5) is 0 Å². The Morgan fingerprint density at radius 2 is 1.08 bits per heavy atom. The minimum Gasteiger partial charge on any atom is -0.167 e. The molecule has 2 nitrogen and oxygen atoms in total. The fraction of sp³-hybridized carbons (Fsp3) is 0.0833. The predicted octanol–water partition coefficient (Wildman–Crippen LogP) is 4.52. The number of hydrogen-bond acceptors (Lipinski definition) is 0. The lowest BCUT2D eigenvalue weighted by Crippen LogP contribution is -2.30. The third kappa shape index (κ3) is 3.27. The Bertz CT molecular complexity index is 1020. The van der Waals surface area contributed by atoms with Gasteiger partial charge in [0.05, 0.1) is 0 Å². The summed E-state index contributed by atoms with van der Waals surface area (Å²) >= 11 is 0. The second kappa shape index (κ2) is 6.93. The van der Waals surface area contributed by atoms with Crippen LogP contribution < -0.4 is 9.13 Å². The third-order valence-corrected chi connectivity index (χ3v) is 4.72. The topological polar surface area (TPSA) is 7.76 Å². The highest BCUT2D eigenvalue weighted by molar-refractivity contribution is 5.61. The molecule has 4 rings (SSSR count). The zero-order valence-electron chi connectivity index (χ0n) is 15.1. The largest absolute Gasteiger partial charge is 0.213 e. The summed E-state index contributed by atoms with van der Waals surface area (Å²) in [7, 11) is 0. The lowest BCUT2D eigenvalue weighted by Gasteiger charge is -2.03. The van der Waals surface area contributed by atoms with Gasteiger partial charge < -0.3 is 0 Å². The van der Waals surface area contributed by atoms with Gasteiger partial charge in [-0.25, -0.2) is 0 Å². The zero-order chi connectivity index (χ0) is 17.9. The van der Waals surface area contributed by atoms with Crippen molar-refractivity contribution in [3.05, 3.63) is 109 Å². The summed E-state index contributed by atoms with van der Waals surface area (Å²) in [6.45, 7) is 4.24. The molecule has 0 radical (unpaired) electrons. The van der Waals surface area contributed by atoms with E-state index in [2.05, 4.69) is 121 Å². The molecule has 0 saturated carbocycles. The van der Waals surface area contributed by atoms with Crippen LogP contribution in [-0.4, -0.2) is 0 Å². The standard InChI is InChI=1S/C24H22N2/c1-19-7-9-23(10-8-19)25-15-11-21(12-16-25)22-13-17-26(18-14-22)24-6-4-3-5-20(24)2/h3-18H,1-2H3/q+2. The molecule has 0 aliphatic rings. The Hall–Kier alpha value is -3.26. The lowest BCUT2D eigenvalue weighted by atomic mass is 10.1. The Kier molecular flexibility index (Phi) is 4.32. The maximum Gasteiger partial charge on any atom is 0.213 e. The first-order valence-electron chi connectivity index (χ1n) is 8.87. The van der Waals surface area contributed by atoms with Crippen LogP contribution >= 0.6 is 0 Å². The van der Waals surface area contributed by atoms with Gasteiger partial charge in [0.25, 0.3) is 0 Å². The van der Waals surface area contributed by atoms with Crippen LogP contribution in [0.3, 0.4) is 0 Å². The zero-order valence-corrected chi connectivity index (χ0v) is 15.1. The van der Waals surface area contributed by atoms with Crippen molar-refractivity contribution in [3.63, 3.8) is 0 Å². The summed E-state index contributed by atoms with van der Waals surface area (Å²) in [5, 5.41) is 0. The molecule has 0 saturated heterocycles. The Labute approximate surface area is 154 Å². The Balaban J connectivity index is 1.60. The highest BCUT2D eigenvalue weighted by atomic mass is 14.9. The first kappa shape index (κ1) is 16.2. The van der Waals surface area contributed by atoms with E-state index in [1.54, 1.807) is 0 Å². The molecule has 0 atom stereocenters. The van der Waals surface area contributed by atoms with Crippen LogP contribution in [0.1, 0.15) is 11.1 Å². The molecule has 2 aromatic carbocycles. The van der Waals surface area contributed by atoms with Crippen molar-refractivity contribution in [1.82, 2.24) is 0 Å². The summed E-state index contributed by atoms with van der Waals surface area (Å²) < 4.78 is 4.30. The van der Waals surface area contributed by atoms with Gasteiger partial charge in [0.15, 0.2) is 24.8 Å². The average molecular weight is 338 g/mol. The van der Waals surface area contributed by atoms with Crippen molar-refractivity contribution in [2.45, 2.75) is 13.8 Å².